The zero-order valence-electron chi connectivity index (χ0n) is 19.2. The van der Waals surface area contributed by atoms with E-state index in [0.717, 1.165) is 6.42 Å². The van der Waals surface area contributed by atoms with Gasteiger partial charge in [0.25, 0.3) is 0 Å². The second-order valence-corrected chi connectivity index (χ2v) is 14.5. The van der Waals surface area contributed by atoms with E-state index in [1.54, 1.807) is 12.0 Å². The van der Waals surface area contributed by atoms with Gasteiger partial charge in [0.05, 0.1) is 0 Å². The summed E-state index contributed by atoms with van der Waals surface area (Å²) < 4.78 is 5.79. The summed E-state index contributed by atoms with van der Waals surface area (Å²) >= 11 is -2.26. The van der Waals surface area contributed by atoms with Crippen molar-refractivity contribution in [3.63, 3.8) is 0 Å². The van der Waals surface area contributed by atoms with E-state index in [-0.39, 0.29) is 12.4 Å². The van der Waals surface area contributed by atoms with Gasteiger partial charge in [-0.25, -0.2) is 0 Å². The predicted octanol–water partition coefficient (Wildman–Crippen LogP) is 4.25. The molecule has 4 aromatic carbocycles. The Morgan fingerprint density at radius 1 is 0.706 bits per heavy atom. The molecule has 1 unspecified atom stereocenters. The first-order valence-electron chi connectivity index (χ1n) is 11.7. The van der Waals surface area contributed by atoms with Crippen LogP contribution in [0.2, 0.25) is 4.63 Å². The van der Waals surface area contributed by atoms with Crippen molar-refractivity contribution in [2.75, 3.05) is 0 Å². The third-order valence-electron chi connectivity index (χ3n) is 7.03. The molecule has 0 fully saturated rings. The molecule has 0 radical (unpaired) electrons. The average Bonchev–Trinajstić information content (AvgIpc) is 3.51. The minimum Gasteiger partial charge on any atom is -1.00 e. The van der Waals surface area contributed by atoms with Gasteiger partial charge in [0.2, 0.25) is 0 Å². The molecule has 2 aliphatic rings. The van der Waals surface area contributed by atoms with Crippen LogP contribution >= 0.6 is 0 Å². The second-order valence-electron chi connectivity index (χ2n) is 8.89. The zero-order valence-corrected chi connectivity index (χ0v) is 22.4. The number of halogens is 1. The first-order chi connectivity index (χ1) is 16.3. The summed E-state index contributed by atoms with van der Waals surface area (Å²) in [4.78, 5) is 0. The van der Waals surface area contributed by atoms with Gasteiger partial charge in [-0.05, 0) is 0 Å². The molecule has 1 atom stereocenters. The zero-order chi connectivity index (χ0) is 22.2. The molecular formula is C32H26ClZr. The Kier molecular flexibility index (Phi) is 6.78. The molecule has 0 heterocycles. The van der Waals surface area contributed by atoms with Crippen LogP contribution in [0.3, 0.4) is 0 Å². The van der Waals surface area contributed by atoms with Crippen molar-refractivity contribution >= 4 is 6.48 Å². The number of hydrogen-bond acceptors (Lipinski definition) is 0. The van der Waals surface area contributed by atoms with E-state index in [2.05, 4.69) is 126 Å². The summed E-state index contributed by atoms with van der Waals surface area (Å²) in [7, 11) is 0. The summed E-state index contributed by atoms with van der Waals surface area (Å²) in [6, 6.07) is 38.3. The van der Waals surface area contributed by atoms with Crippen LogP contribution in [0.1, 0.15) is 34.6 Å². The van der Waals surface area contributed by atoms with Gasteiger partial charge < -0.3 is 12.4 Å². The molecule has 0 aliphatic heterocycles. The number of allylic oxidation sites excluding steroid dienone is 4. The first kappa shape index (κ1) is 23.2. The van der Waals surface area contributed by atoms with E-state index >= 15 is 0 Å². The largest absolute Gasteiger partial charge is 1.00 e. The molecule has 0 bridgehead atoms. The van der Waals surface area contributed by atoms with Crippen LogP contribution in [-0.4, -0.2) is 3.21 Å². The molecule has 6 rings (SSSR count). The molecule has 0 saturated carbocycles. The van der Waals surface area contributed by atoms with Crippen molar-refractivity contribution in [3.05, 3.63) is 149 Å². The minimum atomic E-state index is -2.26. The molecule has 2 aliphatic carbocycles. The van der Waals surface area contributed by atoms with Crippen LogP contribution in [0.4, 0.5) is 0 Å². The maximum atomic E-state index is 2.58. The van der Waals surface area contributed by atoms with E-state index in [1.807, 2.05) is 0 Å². The Balaban J connectivity index is 0.00000241. The third kappa shape index (κ3) is 3.96. The Morgan fingerprint density at radius 3 is 1.97 bits per heavy atom. The van der Waals surface area contributed by atoms with E-state index in [4.69, 9.17) is 0 Å². The van der Waals surface area contributed by atoms with Crippen LogP contribution in [0.15, 0.2) is 127 Å². The molecule has 34 heavy (non-hydrogen) atoms. The van der Waals surface area contributed by atoms with Gasteiger partial charge in [-0.15, -0.1) is 0 Å². The monoisotopic (exact) mass is 535 g/mol. The summed E-state index contributed by atoms with van der Waals surface area (Å²) in [6.07, 6.45) is 7.94. The number of hydrogen-bond donors (Lipinski definition) is 0. The normalized spacial score (nSPS) is 15.2. The van der Waals surface area contributed by atoms with Gasteiger partial charge in [-0.1, -0.05) is 0 Å². The van der Waals surface area contributed by atoms with Gasteiger partial charge in [-0.3, -0.25) is 0 Å². The van der Waals surface area contributed by atoms with E-state index < -0.39 is 21.3 Å². The summed E-state index contributed by atoms with van der Waals surface area (Å²) in [5, 5.41) is 0. The molecule has 4 aromatic rings. The van der Waals surface area contributed by atoms with Crippen LogP contribution in [0, 0.1) is 0 Å². The number of fused-ring (bicyclic) bond motifs is 3. The molecule has 0 spiro atoms. The second kappa shape index (κ2) is 9.95. The molecular weight excluding hydrogens is 511 g/mol. The fourth-order valence-electron chi connectivity index (χ4n) is 5.59. The maximum Gasteiger partial charge on any atom is -1.00 e. The van der Waals surface area contributed by atoms with Gasteiger partial charge in [0, 0.05) is 0 Å². The quantitative estimate of drug-likeness (QED) is 0.366. The smallest absolute Gasteiger partial charge is 1.00 e. The van der Waals surface area contributed by atoms with Crippen LogP contribution in [-0.2, 0) is 21.3 Å². The van der Waals surface area contributed by atoms with Gasteiger partial charge in [0.1, 0.15) is 0 Å². The molecule has 165 valence electrons. The molecule has 0 nitrogen and oxygen atoms in total. The van der Waals surface area contributed by atoms with Crippen molar-refractivity contribution in [3.8, 4) is 11.1 Å². The molecule has 0 saturated heterocycles. The van der Waals surface area contributed by atoms with Crippen LogP contribution < -0.4 is 15.7 Å². The van der Waals surface area contributed by atoms with E-state index in [0.29, 0.717) is 5.92 Å². The predicted molar refractivity (Wildman–Crippen MR) is 137 cm³/mol. The van der Waals surface area contributed by atoms with Crippen molar-refractivity contribution in [1.82, 2.24) is 0 Å². The molecule has 0 aromatic heterocycles. The Bertz CT molecular complexity index is 1390. The third-order valence-corrected chi connectivity index (χ3v) is 13.4. The standard InChI is InChI=1S/C18H13.C13H10.CH3.ClH.Zr/c1-2-8-13(7-1)18-16-11-5-3-9-14(16)15-10-4-6-12-17(15)18;1-3-7-12(8-4-1)11-13-9-5-2-6-10-13;;;/h1-7,9-11,18H,8H2;1-10H;1H3;1H;/q;;;;+1/p-1. The van der Waals surface area contributed by atoms with E-state index in [9.17, 15) is 0 Å². The van der Waals surface area contributed by atoms with Crippen LogP contribution in [0.5, 0.6) is 0 Å². The first-order valence-corrected chi connectivity index (χ1v) is 16.6. The van der Waals surface area contributed by atoms with Crippen molar-refractivity contribution in [2.24, 2.45) is 0 Å². The van der Waals surface area contributed by atoms with Gasteiger partial charge >= 0.3 is 205 Å². The van der Waals surface area contributed by atoms with E-state index in [1.165, 1.54) is 33.4 Å². The SMILES string of the molecule is [CH3][Zr+](=[C](c1ccccc1)c1ccccc1)[c]1cccc2c1C(C1=CC=CC1)c1ccccc1-2.[Cl-]. The topological polar surface area (TPSA) is 0 Å². The van der Waals surface area contributed by atoms with Crippen LogP contribution in [0.25, 0.3) is 11.1 Å². The fraction of sp³-hybridized carbons (Fsp3) is 0.0938. The minimum absolute atomic E-state index is 0. The Hall–Kier alpha value is -2.60. The van der Waals surface area contributed by atoms with Crippen molar-refractivity contribution in [1.29, 1.82) is 0 Å². The Labute approximate surface area is 216 Å². The average molecular weight is 537 g/mol. The number of rotatable bonds is 4. The van der Waals surface area contributed by atoms with Crippen molar-refractivity contribution in [2.45, 2.75) is 17.0 Å². The molecule has 0 N–H and O–H groups in total. The maximum absolute atomic E-state index is 2.58. The Morgan fingerprint density at radius 2 is 1.32 bits per heavy atom. The van der Waals surface area contributed by atoms with Crippen molar-refractivity contribution < 1.29 is 33.7 Å². The fourth-order valence-corrected chi connectivity index (χ4v) is 11.7. The summed E-state index contributed by atoms with van der Waals surface area (Å²) in [5.74, 6) is 0.380. The summed E-state index contributed by atoms with van der Waals surface area (Å²) in [6.45, 7) is 0. The van der Waals surface area contributed by atoms with Gasteiger partial charge in [0.15, 0.2) is 0 Å². The molecule has 0 amide bonds. The van der Waals surface area contributed by atoms with Gasteiger partial charge in [-0.2, -0.15) is 0 Å². The molecule has 2 heteroatoms. The summed E-state index contributed by atoms with van der Waals surface area (Å²) in [5.41, 5.74) is 10.2. The number of benzene rings is 4.